The third-order valence-electron chi connectivity index (χ3n) is 5.51. The zero-order chi connectivity index (χ0) is 21.9. The maximum Gasteiger partial charge on any atom is 0.239 e. The summed E-state index contributed by atoms with van der Waals surface area (Å²) in [5, 5.41) is 50.8. The average molecular weight is 415 g/mol. The average Bonchev–Trinajstić information content (AvgIpc) is 3.22. The van der Waals surface area contributed by atoms with Gasteiger partial charge in [0.15, 0.2) is 30.0 Å². The van der Waals surface area contributed by atoms with Crippen LogP contribution in [0.4, 0.5) is 0 Å². The minimum absolute atomic E-state index is 0.135. The molecule has 5 rings (SSSR count). The van der Waals surface area contributed by atoms with Gasteiger partial charge in [0, 0.05) is 16.7 Å². The van der Waals surface area contributed by atoms with Crippen molar-refractivity contribution in [2.75, 3.05) is 0 Å². The van der Waals surface area contributed by atoms with Crippen molar-refractivity contribution in [1.82, 2.24) is 4.52 Å². The summed E-state index contributed by atoms with van der Waals surface area (Å²) in [7, 11) is 1.88. The minimum Gasteiger partial charge on any atom is -0.508 e. The lowest BCUT2D eigenvalue weighted by atomic mass is 10.1. The van der Waals surface area contributed by atoms with E-state index in [1.54, 1.807) is 24.3 Å². The van der Waals surface area contributed by atoms with Crippen LogP contribution >= 0.6 is 0 Å². The van der Waals surface area contributed by atoms with Gasteiger partial charge in [0.2, 0.25) is 5.69 Å². The molecule has 2 aromatic heterocycles. The highest BCUT2D eigenvalue weighted by molar-refractivity contribution is 5.91. The number of aromatic nitrogens is 2. The van der Waals surface area contributed by atoms with E-state index >= 15 is 0 Å². The number of phenolic OH excluding ortho intramolecular Hbond substituents is 5. The molecule has 0 aliphatic rings. The first-order valence-corrected chi connectivity index (χ1v) is 9.55. The van der Waals surface area contributed by atoms with Crippen LogP contribution in [0.5, 0.6) is 28.7 Å². The fourth-order valence-corrected chi connectivity index (χ4v) is 4.00. The molecule has 0 unspecified atom stereocenters. The van der Waals surface area contributed by atoms with Crippen molar-refractivity contribution in [3.05, 3.63) is 71.4 Å². The third kappa shape index (κ3) is 2.86. The summed E-state index contributed by atoms with van der Waals surface area (Å²) in [6, 6.07) is 16.3. The number of hydrogen-bond donors (Lipinski definition) is 5. The van der Waals surface area contributed by atoms with E-state index in [1.807, 2.05) is 34.5 Å². The Morgan fingerprint density at radius 1 is 0.710 bits per heavy atom. The van der Waals surface area contributed by atoms with Crippen LogP contribution in [0, 0.1) is 0 Å². The molecule has 5 aromatic rings. The zero-order valence-electron chi connectivity index (χ0n) is 16.5. The Hall–Kier alpha value is -4.39. The van der Waals surface area contributed by atoms with Gasteiger partial charge in [-0.2, -0.15) is 0 Å². The molecule has 0 amide bonds. The molecule has 7 heteroatoms. The second-order valence-electron chi connectivity index (χ2n) is 7.46. The molecule has 0 atom stereocenters. The van der Waals surface area contributed by atoms with Gasteiger partial charge >= 0.3 is 0 Å². The van der Waals surface area contributed by atoms with Crippen molar-refractivity contribution in [2.24, 2.45) is 7.05 Å². The molecule has 0 radical (unpaired) electrons. The first-order chi connectivity index (χ1) is 14.8. The lowest BCUT2D eigenvalue weighted by Gasteiger charge is -2.00. The molecular weight excluding hydrogens is 396 g/mol. The maximum atomic E-state index is 10.1. The van der Waals surface area contributed by atoms with E-state index < -0.39 is 0 Å². The largest absolute Gasteiger partial charge is 0.508 e. The molecule has 7 nitrogen and oxygen atoms in total. The van der Waals surface area contributed by atoms with Gasteiger partial charge in [0.25, 0.3) is 0 Å². The molecule has 154 valence electrons. The van der Waals surface area contributed by atoms with Gasteiger partial charge in [-0.15, -0.1) is 9.20 Å². The minimum atomic E-state index is -0.218. The molecule has 3 aromatic carbocycles. The maximum absolute atomic E-state index is 10.1. The van der Waals surface area contributed by atoms with Gasteiger partial charge in [-0.3, -0.25) is 0 Å². The summed E-state index contributed by atoms with van der Waals surface area (Å²) in [4.78, 5) is 0. The summed E-state index contributed by atoms with van der Waals surface area (Å²) in [5.41, 5.74) is 3.92. The second-order valence-corrected chi connectivity index (χ2v) is 7.46. The first kappa shape index (κ1) is 18.6. The van der Waals surface area contributed by atoms with Crippen molar-refractivity contribution in [2.45, 2.75) is 0 Å². The number of rotatable bonds is 2. The summed E-state index contributed by atoms with van der Waals surface area (Å²) in [6.45, 7) is 0. The fourth-order valence-electron chi connectivity index (χ4n) is 4.00. The van der Waals surface area contributed by atoms with Crippen LogP contribution in [-0.2, 0) is 7.05 Å². The monoisotopic (exact) mass is 415 g/mol. The smallest absolute Gasteiger partial charge is 0.239 e. The van der Waals surface area contributed by atoms with Crippen LogP contribution < -0.4 is 9.90 Å². The van der Waals surface area contributed by atoms with E-state index in [0.717, 1.165) is 32.9 Å². The Morgan fingerprint density at radius 2 is 1.42 bits per heavy atom. The summed E-state index contributed by atoms with van der Waals surface area (Å²) in [6.07, 6.45) is 1.87. The number of aryl methyl sites for hydroxylation is 1. The molecule has 0 saturated carbocycles. The molecule has 0 bridgehead atoms. The lowest BCUT2D eigenvalue weighted by Crippen LogP contribution is -2.36. The third-order valence-corrected chi connectivity index (χ3v) is 5.51. The molecule has 0 fully saturated rings. The van der Waals surface area contributed by atoms with Crippen molar-refractivity contribution >= 4 is 22.5 Å². The Kier molecular flexibility index (Phi) is 3.94. The van der Waals surface area contributed by atoms with E-state index in [4.69, 9.17) is 0 Å². The molecule has 31 heavy (non-hydrogen) atoms. The molecular formula is C24H19N2O5+. The molecule has 0 aliphatic carbocycles. The van der Waals surface area contributed by atoms with Gasteiger partial charge in [0.1, 0.15) is 16.8 Å². The molecule has 0 aliphatic heterocycles. The predicted octanol–water partition coefficient (Wildman–Crippen LogP) is 2.66. The van der Waals surface area contributed by atoms with Gasteiger partial charge in [-0.05, 0) is 60.2 Å². The predicted molar refractivity (Wildman–Crippen MR) is 115 cm³/mol. The standard InChI is InChI=1S/C24H18N2O5/c1-25-19(14-3-7-22(29)24(31)10-14)12-20-16(8-13-2-6-21(28)23(30)9-13)17-11-15(27)4-5-18(17)26(20)25/h2-12H,1H3,(H4,27,28,29,30,31)/p+1. The lowest BCUT2D eigenvalue weighted by molar-refractivity contribution is -0.725. The molecule has 0 spiro atoms. The van der Waals surface area contributed by atoms with Crippen LogP contribution in [0.25, 0.3) is 33.8 Å². The Balaban J connectivity index is 1.86. The number of benzene rings is 3. The van der Waals surface area contributed by atoms with E-state index in [9.17, 15) is 25.5 Å². The highest BCUT2D eigenvalue weighted by atomic mass is 16.3. The number of fused-ring (bicyclic) bond motifs is 3. The van der Waals surface area contributed by atoms with Crippen molar-refractivity contribution in [3.8, 4) is 40.0 Å². The highest BCUT2D eigenvalue weighted by Crippen LogP contribution is 2.31. The highest BCUT2D eigenvalue weighted by Gasteiger charge is 2.23. The second kappa shape index (κ2) is 6.56. The van der Waals surface area contributed by atoms with E-state index in [0.29, 0.717) is 5.56 Å². The Labute approximate surface area is 176 Å². The first-order valence-electron chi connectivity index (χ1n) is 9.55. The fraction of sp³-hybridized carbons (Fsp3) is 0.0417. The molecule has 2 heterocycles. The van der Waals surface area contributed by atoms with Gasteiger partial charge in [-0.25, -0.2) is 0 Å². The van der Waals surface area contributed by atoms with Crippen LogP contribution in [0.2, 0.25) is 0 Å². The SMILES string of the molecule is C[n+]1c(-c2ccc(O)c(O)c2)cc2/c(=C\c3ccc(O)c(O)c3)c3cc(O)ccc3n21. The van der Waals surface area contributed by atoms with E-state index in [-0.39, 0.29) is 28.7 Å². The van der Waals surface area contributed by atoms with E-state index in [1.165, 1.54) is 24.3 Å². The van der Waals surface area contributed by atoms with Crippen LogP contribution in [0.3, 0.4) is 0 Å². The zero-order valence-corrected chi connectivity index (χ0v) is 16.5. The van der Waals surface area contributed by atoms with Gasteiger partial charge < -0.3 is 25.5 Å². The quantitative estimate of drug-likeness (QED) is 0.225. The van der Waals surface area contributed by atoms with Crippen LogP contribution in [-0.4, -0.2) is 30.0 Å². The topological polar surface area (TPSA) is 109 Å². The van der Waals surface area contributed by atoms with Crippen molar-refractivity contribution in [3.63, 3.8) is 0 Å². The molecule has 5 N–H and O–H groups in total. The normalized spacial score (nSPS) is 12.2. The number of aromatic hydroxyl groups is 5. The summed E-state index contributed by atoms with van der Waals surface area (Å²) >= 11 is 0. The number of hydrogen-bond acceptors (Lipinski definition) is 5. The van der Waals surface area contributed by atoms with Crippen LogP contribution in [0.1, 0.15) is 5.56 Å². The number of nitrogens with zero attached hydrogens (tertiary/aromatic N) is 2. The summed E-state index contributed by atoms with van der Waals surface area (Å²) < 4.78 is 3.91. The van der Waals surface area contributed by atoms with Crippen molar-refractivity contribution < 1.29 is 30.2 Å². The summed E-state index contributed by atoms with van der Waals surface area (Å²) in [5.74, 6) is -0.674. The van der Waals surface area contributed by atoms with Crippen LogP contribution in [0.15, 0.2) is 60.7 Å². The van der Waals surface area contributed by atoms with Gasteiger partial charge in [0.05, 0.1) is 5.56 Å². The molecule has 0 saturated heterocycles. The Bertz CT molecular complexity index is 1550. The number of phenols is 5. The van der Waals surface area contributed by atoms with Crippen molar-refractivity contribution in [1.29, 1.82) is 0 Å². The Morgan fingerprint density at radius 3 is 2.13 bits per heavy atom. The van der Waals surface area contributed by atoms with Gasteiger partial charge in [-0.1, -0.05) is 6.07 Å². The van der Waals surface area contributed by atoms with E-state index in [2.05, 4.69) is 0 Å².